The van der Waals surface area contributed by atoms with E-state index in [0.29, 0.717) is 28.6 Å². The van der Waals surface area contributed by atoms with Crippen molar-refractivity contribution in [2.24, 2.45) is 0 Å². The predicted molar refractivity (Wildman–Crippen MR) is 147 cm³/mol. The fourth-order valence-electron chi connectivity index (χ4n) is 3.67. The Bertz CT molecular complexity index is 1370. The van der Waals surface area contributed by atoms with Crippen molar-refractivity contribution in [2.45, 2.75) is 37.8 Å². The molecule has 0 aliphatic rings. The van der Waals surface area contributed by atoms with Crippen LogP contribution in [0.3, 0.4) is 0 Å². The van der Waals surface area contributed by atoms with Crippen LogP contribution in [0.5, 0.6) is 0 Å². The number of anilines is 1. The number of nitrogens with zero attached hydrogens (tertiary/aromatic N) is 2. The number of rotatable bonds is 11. The molecule has 1 atom stereocenters. The summed E-state index contributed by atoms with van der Waals surface area (Å²) in [6.07, 6.45) is 0.698. The molecule has 202 valence electrons. The average molecular weight is 581 g/mol. The summed E-state index contributed by atoms with van der Waals surface area (Å²) in [6.45, 7) is 3.16. The van der Waals surface area contributed by atoms with Gasteiger partial charge in [0.05, 0.1) is 10.6 Å². The Morgan fingerprint density at radius 1 is 1.00 bits per heavy atom. The molecule has 3 rings (SSSR count). The number of carbonyl (C=O) groups excluding carboxylic acids is 2. The maximum absolute atomic E-state index is 13.8. The molecule has 0 unspecified atom stereocenters. The van der Waals surface area contributed by atoms with Crippen LogP contribution in [0.15, 0.2) is 77.7 Å². The molecule has 0 saturated carbocycles. The largest absolute Gasteiger partial charge is 0.354 e. The quantitative estimate of drug-likeness (QED) is 0.335. The van der Waals surface area contributed by atoms with E-state index in [1.807, 2.05) is 6.92 Å². The molecule has 0 aliphatic heterocycles. The molecule has 7 nitrogen and oxygen atoms in total. The number of hydrogen-bond donors (Lipinski definition) is 1. The van der Waals surface area contributed by atoms with E-state index >= 15 is 0 Å². The number of nitrogens with one attached hydrogen (secondary N) is 1. The van der Waals surface area contributed by atoms with Crippen molar-refractivity contribution in [1.29, 1.82) is 0 Å². The van der Waals surface area contributed by atoms with Crippen molar-refractivity contribution in [1.82, 2.24) is 10.2 Å². The molecule has 3 aromatic carbocycles. The molecule has 38 heavy (non-hydrogen) atoms. The molecule has 0 fully saturated rings. The smallest absolute Gasteiger partial charge is 0.264 e. The lowest BCUT2D eigenvalue weighted by molar-refractivity contribution is -0.139. The molecule has 0 aromatic heterocycles. The van der Waals surface area contributed by atoms with Gasteiger partial charge in [0.15, 0.2) is 0 Å². The summed E-state index contributed by atoms with van der Waals surface area (Å²) in [6, 6.07) is 16.2. The van der Waals surface area contributed by atoms with Crippen LogP contribution in [-0.4, -0.2) is 44.3 Å². The molecule has 1 N–H and O–H groups in total. The van der Waals surface area contributed by atoms with Gasteiger partial charge < -0.3 is 10.2 Å². The monoisotopic (exact) mass is 579 g/mol. The number of hydrogen-bond acceptors (Lipinski definition) is 4. The number of carbonyl (C=O) groups is 2. The minimum Gasteiger partial charge on any atom is -0.354 e. The van der Waals surface area contributed by atoms with E-state index in [1.165, 1.54) is 35.2 Å². The third-order valence-corrected chi connectivity index (χ3v) is 8.17. The van der Waals surface area contributed by atoms with E-state index in [1.54, 1.807) is 37.3 Å². The highest BCUT2D eigenvalue weighted by Gasteiger charge is 2.32. The van der Waals surface area contributed by atoms with Crippen LogP contribution in [0.1, 0.15) is 25.8 Å². The lowest BCUT2D eigenvalue weighted by Gasteiger charge is -2.32. The summed E-state index contributed by atoms with van der Waals surface area (Å²) >= 11 is 12.4. The number of sulfonamides is 1. The van der Waals surface area contributed by atoms with Crippen LogP contribution >= 0.6 is 23.2 Å². The van der Waals surface area contributed by atoms with E-state index < -0.39 is 40.2 Å². The zero-order chi connectivity index (χ0) is 27.9. The molecular weight excluding hydrogens is 552 g/mol. The molecule has 0 bridgehead atoms. The van der Waals surface area contributed by atoms with Gasteiger partial charge in [0.25, 0.3) is 10.0 Å². The first-order valence-electron chi connectivity index (χ1n) is 11.9. The Kier molecular flexibility index (Phi) is 10.1. The Balaban J connectivity index is 2.02. The van der Waals surface area contributed by atoms with Gasteiger partial charge in [-0.2, -0.15) is 0 Å². The summed E-state index contributed by atoms with van der Waals surface area (Å²) < 4.78 is 41.8. The standard InChI is InChI=1S/C27H28Cl2FN3O4S/c1-3-15-31-27(35)19(2)32(17-20-9-10-21(28)16-25(20)29)26(34)18-33(23-13-11-22(30)12-14-23)38(36,37)24-7-5-4-6-8-24/h4-14,16,19H,3,15,17-18H2,1-2H3,(H,31,35)/t19-/m0/s1. The van der Waals surface area contributed by atoms with Crippen molar-refractivity contribution in [3.05, 3.63) is 94.2 Å². The van der Waals surface area contributed by atoms with Crippen molar-refractivity contribution in [2.75, 3.05) is 17.4 Å². The second-order valence-corrected chi connectivity index (χ2v) is 11.2. The highest BCUT2D eigenvalue weighted by atomic mass is 35.5. The molecule has 2 amide bonds. The lowest BCUT2D eigenvalue weighted by Crippen LogP contribution is -2.51. The second kappa shape index (κ2) is 13.1. The fourth-order valence-corrected chi connectivity index (χ4v) is 5.57. The van der Waals surface area contributed by atoms with Gasteiger partial charge in [-0.15, -0.1) is 0 Å². The summed E-state index contributed by atoms with van der Waals surface area (Å²) in [4.78, 5) is 27.8. The van der Waals surface area contributed by atoms with Crippen molar-refractivity contribution < 1.29 is 22.4 Å². The Labute approximate surface area is 232 Å². The number of benzene rings is 3. The third-order valence-electron chi connectivity index (χ3n) is 5.80. The normalized spacial score (nSPS) is 12.0. The summed E-state index contributed by atoms with van der Waals surface area (Å²) in [5.74, 6) is -1.61. The third kappa shape index (κ3) is 7.24. The lowest BCUT2D eigenvalue weighted by atomic mass is 10.1. The van der Waals surface area contributed by atoms with Crippen molar-refractivity contribution in [3.8, 4) is 0 Å². The van der Waals surface area contributed by atoms with Gasteiger partial charge in [-0.1, -0.05) is 54.4 Å². The first-order valence-corrected chi connectivity index (χ1v) is 14.1. The van der Waals surface area contributed by atoms with E-state index in [9.17, 15) is 22.4 Å². The van der Waals surface area contributed by atoms with Crippen LogP contribution in [-0.2, 0) is 26.2 Å². The summed E-state index contributed by atoms with van der Waals surface area (Å²) in [5.41, 5.74) is 0.620. The summed E-state index contributed by atoms with van der Waals surface area (Å²) in [7, 11) is -4.22. The highest BCUT2D eigenvalue weighted by Crippen LogP contribution is 2.26. The topological polar surface area (TPSA) is 86.8 Å². The van der Waals surface area contributed by atoms with Crippen molar-refractivity contribution in [3.63, 3.8) is 0 Å². The number of amides is 2. The first kappa shape index (κ1) is 29.4. The minimum atomic E-state index is -4.22. The van der Waals surface area contributed by atoms with Gasteiger partial charge in [0, 0.05) is 23.1 Å². The molecule has 0 saturated heterocycles. The highest BCUT2D eigenvalue weighted by molar-refractivity contribution is 7.92. The van der Waals surface area contributed by atoms with Crippen LogP contribution < -0.4 is 9.62 Å². The zero-order valence-electron chi connectivity index (χ0n) is 20.9. The predicted octanol–water partition coefficient (Wildman–Crippen LogP) is 5.27. The van der Waals surface area contributed by atoms with Gasteiger partial charge in [0.2, 0.25) is 11.8 Å². The Morgan fingerprint density at radius 2 is 1.66 bits per heavy atom. The molecule has 11 heteroatoms. The van der Waals surface area contributed by atoms with Gasteiger partial charge in [-0.3, -0.25) is 13.9 Å². The molecule has 0 aliphatic carbocycles. The second-order valence-electron chi connectivity index (χ2n) is 8.53. The Hall–Kier alpha value is -3.14. The maximum Gasteiger partial charge on any atom is 0.264 e. The molecule has 3 aromatic rings. The van der Waals surface area contributed by atoms with Gasteiger partial charge in [-0.05, 0) is 67.4 Å². The van der Waals surface area contributed by atoms with E-state index in [2.05, 4.69) is 5.32 Å². The first-order chi connectivity index (χ1) is 18.0. The van der Waals surface area contributed by atoms with Gasteiger partial charge in [-0.25, -0.2) is 12.8 Å². The fraction of sp³-hybridized carbons (Fsp3) is 0.259. The van der Waals surface area contributed by atoms with E-state index in [-0.39, 0.29) is 17.1 Å². The minimum absolute atomic E-state index is 0.0434. The SMILES string of the molecule is CCCNC(=O)[C@H](C)N(Cc1ccc(Cl)cc1Cl)C(=O)CN(c1ccc(F)cc1)S(=O)(=O)c1ccccc1. The molecule has 0 spiro atoms. The zero-order valence-corrected chi connectivity index (χ0v) is 23.2. The number of halogens is 3. The van der Waals surface area contributed by atoms with Crippen LogP contribution in [0.25, 0.3) is 0 Å². The van der Waals surface area contributed by atoms with Crippen LogP contribution in [0, 0.1) is 5.82 Å². The maximum atomic E-state index is 13.8. The molecule has 0 radical (unpaired) electrons. The van der Waals surface area contributed by atoms with Gasteiger partial charge >= 0.3 is 0 Å². The average Bonchev–Trinajstić information content (AvgIpc) is 2.90. The van der Waals surface area contributed by atoms with Crippen molar-refractivity contribution >= 4 is 50.7 Å². The Morgan fingerprint density at radius 3 is 2.26 bits per heavy atom. The molecular formula is C27H28Cl2FN3O4S. The summed E-state index contributed by atoms with van der Waals surface area (Å²) in [5, 5.41) is 3.46. The van der Waals surface area contributed by atoms with Crippen LogP contribution in [0.2, 0.25) is 10.0 Å². The van der Waals surface area contributed by atoms with Crippen LogP contribution in [0.4, 0.5) is 10.1 Å². The van der Waals surface area contributed by atoms with E-state index in [0.717, 1.165) is 16.4 Å². The molecule has 0 heterocycles. The van der Waals surface area contributed by atoms with E-state index in [4.69, 9.17) is 23.2 Å². The van der Waals surface area contributed by atoms with Gasteiger partial charge in [0.1, 0.15) is 18.4 Å².